The summed E-state index contributed by atoms with van der Waals surface area (Å²) in [7, 11) is 1.28. The summed E-state index contributed by atoms with van der Waals surface area (Å²) in [5.74, 6) is -0.421. The first-order chi connectivity index (χ1) is 9.06. The summed E-state index contributed by atoms with van der Waals surface area (Å²) < 4.78 is 4.44. The summed E-state index contributed by atoms with van der Waals surface area (Å²) in [5.41, 5.74) is 0.443. The van der Waals surface area contributed by atoms with Crippen LogP contribution in [0.5, 0.6) is 0 Å². The average molecular weight is 270 g/mol. The molecule has 0 unspecified atom stereocenters. The number of carbonyl (C=O) groups excluding carboxylic acids is 1. The zero-order valence-electron chi connectivity index (χ0n) is 11.9. The van der Waals surface area contributed by atoms with Crippen molar-refractivity contribution in [3.05, 3.63) is 46.2 Å². The quantitative estimate of drug-likeness (QED) is 0.331. The lowest BCUT2D eigenvalue weighted by Crippen LogP contribution is -2.27. The average Bonchev–Trinajstić information content (AvgIpc) is 2.43. The van der Waals surface area contributed by atoms with Crippen LogP contribution in [0.4, 0.5) is 0 Å². The van der Waals surface area contributed by atoms with E-state index in [1.165, 1.54) is 19.3 Å². The van der Waals surface area contributed by atoms with Crippen LogP contribution in [0.2, 0.25) is 0 Å². The zero-order chi connectivity index (χ0) is 15.3. The van der Waals surface area contributed by atoms with E-state index in [0.29, 0.717) is 5.57 Å². The van der Waals surface area contributed by atoms with Gasteiger partial charge in [0, 0.05) is 18.2 Å². The Morgan fingerprint density at radius 1 is 1.42 bits per heavy atom. The molecule has 0 rings (SSSR count). The Balaban J connectivity index is 0. The summed E-state index contributed by atoms with van der Waals surface area (Å²) >= 11 is 0. The van der Waals surface area contributed by atoms with Gasteiger partial charge in [-0.1, -0.05) is 32.6 Å². The minimum absolute atomic E-state index is 0.00687. The number of nitrogens with zero attached hydrogens (tertiary/aromatic N) is 1. The van der Waals surface area contributed by atoms with E-state index in [1.807, 2.05) is 13.8 Å². The molecule has 0 saturated heterocycles. The van der Waals surface area contributed by atoms with Gasteiger partial charge in [-0.05, 0) is 6.92 Å². The highest BCUT2D eigenvalue weighted by Gasteiger charge is 2.15. The van der Waals surface area contributed by atoms with Crippen molar-refractivity contribution in [1.82, 2.24) is 5.32 Å². The van der Waals surface area contributed by atoms with Crippen LogP contribution in [-0.2, 0) is 9.53 Å². The first-order valence-electron chi connectivity index (χ1n) is 5.97. The Kier molecular flexibility index (Phi) is 12.8. The molecule has 0 aliphatic rings. The van der Waals surface area contributed by atoms with Crippen LogP contribution in [0.3, 0.4) is 0 Å². The number of esters is 1. The monoisotopic (exact) mass is 270 g/mol. The predicted molar refractivity (Wildman–Crippen MR) is 75.3 cm³/mol. The molecular weight excluding hydrogens is 248 g/mol. The molecule has 0 saturated carbocycles. The molecule has 0 heterocycles. The highest BCUT2D eigenvalue weighted by Crippen LogP contribution is 2.09. The second kappa shape index (κ2) is 12.5. The summed E-state index contributed by atoms with van der Waals surface area (Å²) in [5, 5.41) is 13.5. The maximum Gasteiger partial charge on any atom is 0.319 e. The molecule has 0 amide bonds. The maximum absolute atomic E-state index is 10.8. The summed E-state index contributed by atoms with van der Waals surface area (Å²) in [6, 6.07) is 0. The number of nitrogens with one attached hydrogen (secondary N) is 1. The van der Waals surface area contributed by atoms with Gasteiger partial charge in [0.2, 0.25) is 0 Å². The van der Waals surface area contributed by atoms with Crippen molar-refractivity contribution >= 4 is 5.97 Å². The molecule has 0 aromatic heterocycles. The van der Waals surface area contributed by atoms with Crippen LogP contribution in [0.1, 0.15) is 20.8 Å². The van der Waals surface area contributed by atoms with Crippen LogP contribution in [-0.4, -0.2) is 31.1 Å². The van der Waals surface area contributed by atoms with Gasteiger partial charge in [-0.2, -0.15) is 0 Å². The van der Waals surface area contributed by atoms with E-state index in [1.54, 1.807) is 13.0 Å². The fraction of sp³-hybridized carbons (Fsp3) is 0.462. The summed E-state index contributed by atoms with van der Waals surface area (Å²) in [4.78, 5) is 21.1. The summed E-state index contributed by atoms with van der Waals surface area (Å²) in [6.07, 6.45) is 4.28. The molecule has 0 aliphatic heterocycles. The molecule has 6 nitrogen and oxygen atoms in total. The number of carbonyl (C=O) groups is 1. The van der Waals surface area contributed by atoms with Crippen molar-refractivity contribution in [1.29, 1.82) is 0 Å². The van der Waals surface area contributed by atoms with E-state index in [4.69, 9.17) is 0 Å². The van der Waals surface area contributed by atoms with E-state index < -0.39 is 10.9 Å². The van der Waals surface area contributed by atoms with Gasteiger partial charge in [-0.3, -0.25) is 14.9 Å². The van der Waals surface area contributed by atoms with Crippen LogP contribution in [0, 0.1) is 10.1 Å². The minimum Gasteiger partial charge on any atom is -0.468 e. The maximum atomic E-state index is 10.8. The Morgan fingerprint density at radius 3 is 2.37 bits per heavy atom. The Hall–Kier alpha value is -1.95. The van der Waals surface area contributed by atoms with E-state index >= 15 is 0 Å². The molecule has 0 atom stereocenters. The van der Waals surface area contributed by atoms with Crippen LogP contribution >= 0.6 is 0 Å². The van der Waals surface area contributed by atoms with Crippen molar-refractivity contribution in [3.8, 4) is 0 Å². The predicted octanol–water partition coefficient (Wildman–Crippen LogP) is 2.07. The molecule has 1 N–H and O–H groups in total. The molecule has 0 aliphatic carbocycles. The molecule has 19 heavy (non-hydrogen) atoms. The van der Waals surface area contributed by atoms with E-state index in [9.17, 15) is 14.9 Å². The van der Waals surface area contributed by atoms with E-state index in [0.717, 1.165) is 0 Å². The highest BCUT2D eigenvalue weighted by molar-refractivity contribution is 5.71. The largest absolute Gasteiger partial charge is 0.468 e. The molecule has 0 aromatic carbocycles. The molecule has 0 aromatic rings. The molecule has 0 bridgehead atoms. The lowest BCUT2D eigenvalue weighted by atomic mass is 10.1. The second-order valence-corrected chi connectivity index (χ2v) is 3.04. The number of rotatable bonds is 7. The van der Waals surface area contributed by atoms with Gasteiger partial charge in [0.1, 0.15) is 0 Å². The number of methoxy groups -OCH3 is 1. The van der Waals surface area contributed by atoms with Gasteiger partial charge in [0.25, 0.3) is 5.70 Å². The third-order valence-electron chi connectivity index (χ3n) is 1.96. The summed E-state index contributed by atoms with van der Waals surface area (Å²) in [6.45, 7) is 9.33. The standard InChI is InChI=1S/C11H16N2O4.C2H6/c1-4-6-10(13(15)16)9(5-2)7-12-8-11(14)17-3;1-2/h4-6,12H,1,7-8H2,2-3H3;1-2H3/b9-5-,10-6+;. The SMILES string of the molecule is C=C/C=C(\C(=C/C)CNCC(=O)OC)[N+](=O)[O-].CC. The Labute approximate surface area is 114 Å². The van der Waals surface area contributed by atoms with Crippen LogP contribution in [0.15, 0.2) is 36.1 Å². The lowest BCUT2D eigenvalue weighted by Gasteiger charge is -2.05. The van der Waals surface area contributed by atoms with Gasteiger partial charge in [-0.25, -0.2) is 0 Å². The lowest BCUT2D eigenvalue weighted by molar-refractivity contribution is -0.420. The van der Waals surface area contributed by atoms with Gasteiger partial charge >= 0.3 is 5.97 Å². The molecule has 0 spiro atoms. The Morgan fingerprint density at radius 2 is 2.00 bits per heavy atom. The molecular formula is C13H22N2O4. The van der Waals surface area contributed by atoms with Crippen molar-refractivity contribution in [2.45, 2.75) is 20.8 Å². The smallest absolute Gasteiger partial charge is 0.319 e. The van der Waals surface area contributed by atoms with Crippen LogP contribution < -0.4 is 5.32 Å². The van der Waals surface area contributed by atoms with Gasteiger partial charge in [0.15, 0.2) is 0 Å². The van der Waals surface area contributed by atoms with Gasteiger partial charge in [-0.15, -0.1) is 0 Å². The number of hydrogen-bond acceptors (Lipinski definition) is 5. The third kappa shape index (κ3) is 8.73. The van der Waals surface area contributed by atoms with Gasteiger partial charge < -0.3 is 10.1 Å². The molecule has 6 heteroatoms. The first kappa shape index (κ1) is 19.4. The van der Waals surface area contributed by atoms with E-state index in [-0.39, 0.29) is 18.8 Å². The van der Waals surface area contributed by atoms with Crippen molar-refractivity contribution in [2.24, 2.45) is 0 Å². The fourth-order valence-corrected chi connectivity index (χ4v) is 1.11. The number of ether oxygens (including phenoxy) is 1. The second-order valence-electron chi connectivity index (χ2n) is 3.04. The molecule has 0 fully saturated rings. The fourth-order valence-electron chi connectivity index (χ4n) is 1.11. The van der Waals surface area contributed by atoms with E-state index in [2.05, 4.69) is 16.6 Å². The topological polar surface area (TPSA) is 81.5 Å². The number of allylic oxidation sites excluding steroid dienone is 3. The van der Waals surface area contributed by atoms with Crippen molar-refractivity contribution < 1.29 is 14.5 Å². The zero-order valence-corrected chi connectivity index (χ0v) is 11.9. The van der Waals surface area contributed by atoms with Crippen molar-refractivity contribution in [2.75, 3.05) is 20.2 Å². The highest BCUT2D eigenvalue weighted by atomic mass is 16.6. The van der Waals surface area contributed by atoms with Crippen molar-refractivity contribution in [3.63, 3.8) is 0 Å². The number of nitro groups is 1. The molecule has 0 radical (unpaired) electrons. The van der Waals surface area contributed by atoms with Crippen LogP contribution in [0.25, 0.3) is 0 Å². The van der Waals surface area contributed by atoms with Gasteiger partial charge in [0.05, 0.1) is 18.6 Å². The molecule has 108 valence electrons. The first-order valence-corrected chi connectivity index (χ1v) is 5.97. The minimum atomic E-state index is -0.489. The number of hydrogen-bond donors (Lipinski definition) is 1. The Bertz CT molecular complexity index is 360. The normalized spacial score (nSPS) is 11.2. The third-order valence-corrected chi connectivity index (χ3v) is 1.96.